The maximum atomic E-state index is 14.4. The van der Waals surface area contributed by atoms with Gasteiger partial charge in [-0.1, -0.05) is 53.0 Å². The fourth-order valence-corrected chi connectivity index (χ4v) is 4.38. The molecule has 0 saturated carbocycles. The fraction of sp³-hybridized carbons (Fsp3) is 0. The molecule has 4 nitrogen and oxygen atoms in total. The molecular weight excluding hydrogens is 484 g/mol. The molecule has 0 radical (unpaired) electrons. The van der Waals surface area contributed by atoms with Crippen LogP contribution in [0.25, 0.3) is 33.0 Å². The molecular formula is C22H11Cl3FNO3S. The molecule has 0 atom stereocenters. The van der Waals surface area contributed by atoms with E-state index in [0.29, 0.717) is 26.3 Å². The maximum Gasteiger partial charge on any atom is 0.511 e. The Labute approximate surface area is 195 Å². The van der Waals surface area contributed by atoms with Crippen LogP contribution in [0.5, 0.6) is 5.75 Å². The van der Waals surface area contributed by atoms with Gasteiger partial charge in [-0.2, -0.15) is 0 Å². The second-order valence-electron chi connectivity index (χ2n) is 6.34. The van der Waals surface area contributed by atoms with E-state index in [1.165, 1.54) is 35.6 Å². The van der Waals surface area contributed by atoms with Gasteiger partial charge in [-0.3, -0.25) is 0 Å². The fourth-order valence-electron chi connectivity index (χ4n) is 2.99. The molecule has 4 aromatic rings. The van der Waals surface area contributed by atoms with Crippen LogP contribution in [0.3, 0.4) is 0 Å². The monoisotopic (exact) mass is 493 g/mol. The number of carbonyl (C=O) groups is 1. The summed E-state index contributed by atoms with van der Waals surface area (Å²) in [5.41, 5.74) is 2.34. The van der Waals surface area contributed by atoms with Crippen molar-refractivity contribution in [2.24, 2.45) is 0 Å². The van der Waals surface area contributed by atoms with E-state index >= 15 is 0 Å². The number of rotatable bonds is 4. The average molecular weight is 495 g/mol. The quantitative estimate of drug-likeness (QED) is 0.229. The van der Waals surface area contributed by atoms with Crippen molar-refractivity contribution in [3.63, 3.8) is 0 Å². The lowest BCUT2D eigenvalue weighted by molar-refractivity contribution is 0.144. The van der Waals surface area contributed by atoms with Gasteiger partial charge in [0.05, 0.1) is 20.8 Å². The molecule has 0 amide bonds. The summed E-state index contributed by atoms with van der Waals surface area (Å²) in [7, 11) is 0. The van der Waals surface area contributed by atoms with Gasteiger partial charge in [-0.15, -0.1) is 11.3 Å². The highest BCUT2D eigenvalue weighted by Gasteiger charge is 2.18. The molecule has 0 unspecified atom stereocenters. The second kappa shape index (κ2) is 8.85. The molecule has 31 heavy (non-hydrogen) atoms. The van der Waals surface area contributed by atoms with Gasteiger partial charge in [0.2, 0.25) is 0 Å². The van der Waals surface area contributed by atoms with Gasteiger partial charge in [0.15, 0.2) is 0 Å². The number of halogens is 4. The van der Waals surface area contributed by atoms with Crippen LogP contribution >= 0.6 is 46.1 Å². The van der Waals surface area contributed by atoms with Crippen molar-refractivity contribution in [3.05, 3.63) is 80.9 Å². The molecule has 0 aliphatic carbocycles. The van der Waals surface area contributed by atoms with Crippen LogP contribution < -0.4 is 4.74 Å². The van der Waals surface area contributed by atoms with Crippen molar-refractivity contribution in [1.29, 1.82) is 0 Å². The minimum atomic E-state index is -1.53. The van der Waals surface area contributed by atoms with E-state index in [1.807, 2.05) is 5.38 Å². The minimum absolute atomic E-state index is 0.0525. The Balaban J connectivity index is 1.77. The van der Waals surface area contributed by atoms with Crippen molar-refractivity contribution >= 4 is 52.3 Å². The summed E-state index contributed by atoms with van der Waals surface area (Å²) in [6, 6.07) is 14.2. The Morgan fingerprint density at radius 2 is 1.74 bits per heavy atom. The summed E-state index contributed by atoms with van der Waals surface area (Å²) < 4.78 is 19.3. The first-order chi connectivity index (χ1) is 14.8. The minimum Gasteiger partial charge on any atom is -0.449 e. The number of aromatic nitrogens is 1. The summed E-state index contributed by atoms with van der Waals surface area (Å²) >= 11 is 19.6. The van der Waals surface area contributed by atoms with Crippen molar-refractivity contribution in [2.45, 2.75) is 0 Å². The predicted molar refractivity (Wildman–Crippen MR) is 122 cm³/mol. The van der Waals surface area contributed by atoms with Gasteiger partial charge in [0.25, 0.3) is 0 Å². The first kappa shape index (κ1) is 21.6. The van der Waals surface area contributed by atoms with E-state index in [1.54, 1.807) is 30.3 Å². The number of thiazole rings is 1. The molecule has 0 bridgehead atoms. The zero-order chi connectivity index (χ0) is 22.1. The normalized spacial score (nSPS) is 10.8. The molecule has 0 spiro atoms. The van der Waals surface area contributed by atoms with Crippen LogP contribution in [0.1, 0.15) is 0 Å². The van der Waals surface area contributed by atoms with Crippen LogP contribution in [0.2, 0.25) is 15.1 Å². The largest absolute Gasteiger partial charge is 0.511 e. The summed E-state index contributed by atoms with van der Waals surface area (Å²) in [4.78, 5) is 15.8. The first-order valence-electron chi connectivity index (χ1n) is 8.74. The molecule has 9 heteroatoms. The van der Waals surface area contributed by atoms with E-state index in [-0.39, 0.29) is 21.9 Å². The molecule has 1 aromatic heterocycles. The molecule has 1 N–H and O–H groups in total. The topological polar surface area (TPSA) is 59.4 Å². The number of carboxylic acid groups (broad SMARTS) is 1. The standard InChI is InChI=1S/C22H11Cl3FNO3S/c23-14-7-5-11(8-16(14)25)18-10-31-21(27-18)12-4-6-13(19(9-12)30-22(28)29)20-15(24)2-1-3-17(20)26/h1-10H,(H,28,29). The lowest BCUT2D eigenvalue weighted by Gasteiger charge is -2.12. The molecule has 0 aliphatic heterocycles. The Hall–Kier alpha value is -2.64. The maximum absolute atomic E-state index is 14.4. The number of benzene rings is 3. The smallest absolute Gasteiger partial charge is 0.449 e. The Morgan fingerprint density at radius 1 is 0.968 bits per heavy atom. The van der Waals surface area contributed by atoms with Crippen LogP contribution in [0.4, 0.5) is 9.18 Å². The van der Waals surface area contributed by atoms with Gasteiger partial charge in [-0.25, -0.2) is 14.2 Å². The highest BCUT2D eigenvalue weighted by Crippen LogP contribution is 2.40. The summed E-state index contributed by atoms with van der Waals surface area (Å²) in [6.07, 6.45) is -1.53. The van der Waals surface area contributed by atoms with Gasteiger partial charge >= 0.3 is 6.16 Å². The van der Waals surface area contributed by atoms with Crippen LogP contribution in [-0.4, -0.2) is 16.2 Å². The van der Waals surface area contributed by atoms with Gasteiger partial charge in [0, 0.05) is 27.6 Å². The highest BCUT2D eigenvalue weighted by molar-refractivity contribution is 7.13. The van der Waals surface area contributed by atoms with Crippen molar-refractivity contribution in [2.75, 3.05) is 0 Å². The molecule has 1 heterocycles. The lowest BCUT2D eigenvalue weighted by Crippen LogP contribution is -2.05. The zero-order valence-electron chi connectivity index (χ0n) is 15.4. The van der Waals surface area contributed by atoms with Gasteiger partial charge in [-0.05, 0) is 36.4 Å². The zero-order valence-corrected chi connectivity index (χ0v) is 18.5. The lowest BCUT2D eigenvalue weighted by atomic mass is 10.0. The van der Waals surface area contributed by atoms with Crippen molar-refractivity contribution < 1.29 is 19.0 Å². The first-order valence-corrected chi connectivity index (χ1v) is 10.8. The van der Waals surface area contributed by atoms with Crippen LogP contribution in [-0.2, 0) is 0 Å². The SMILES string of the molecule is O=C(O)Oc1cc(-c2nc(-c3ccc(Cl)c(Cl)c3)cs2)ccc1-c1c(F)cccc1Cl. The molecule has 156 valence electrons. The molecule has 0 saturated heterocycles. The van der Waals surface area contributed by atoms with Crippen molar-refractivity contribution in [3.8, 4) is 38.7 Å². The summed E-state index contributed by atoms with van der Waals surface area (Å²) in [5.74, 6) is -0.644. The summed E-state index contributed by atoms with van der Waals surface area (Å²) in [6.45, 7) is 0. The van der Waals surface area contributed by atoms with E-state index < -0.39 is 12.0 Å². The van der Waals surface area contributed by atoms with E-state index in [4.69, 9.17) is 44.6 Å². The van der Waals surface area contributed by atoms with Gasteiger partial charge < -0.3 is 9.84 Å². The number of nitrogens with zero attached hydrogens (tertiary/aromatic N) is 1. The predicted octanol–water partition coefficient (Wildman–Crippen LogP) is 8.30. The van der Waals surface area contributed by atoms with Crippen LogP contribution in [0, 0.1) is 5.82 Å². The van der Waals surface area contributed by atoms with Gasteiger partial charge in [0.1, 0.15) is 16.6 Å². The number of ether oxygens (including phenoxy) is 1. The van der Waals surface area contributed by atoms with E-state index in [0.717, 1.165) is 5.56 Å². The molecule has 0 fully saturated rings. The third-order valence-corrected chi connectivity index (χ3v) is 6.32. The molecule has 0 aliphatic rings. The molecule has 3 aromatic carbocycles. The Bertz CT molecular complexity index is 1290. The average Bonchev–Trinajstić information content (AvgIpc) is 3.21. The third-order valence-electron chi connectivity index (χ3n) is 4.38. The van der Waals surface area contributed by atoms with E-state index in [2.05, 4.69) is 4.98 Å². The highest BCUT2D eigenvalue weighted by atomic mass is 35.5. The summed E-state index contributed by atoms with van der Waals surface area (Å²) in [5, 5.41) is 12.6. The Kier molecular flexibility index (Phi) is 6.16. The number of hydrogen-bond acceptors (Lipinski definition) is 4. The Morgan fingerprint density at radius 3 is 2.45 bits per heavy atom. The van der Waals surface area contributed by atoms with Crippen molar-refractivity contribution in [1.82, 2.24) is 4.98 Å². The number of hydrogen-bond donors (Lipinski definition) is 1. The van der Waals surface area contributed by atoms with E-state index in [9.17, 15) is 9.18 Å². The third kappa shape index (κ3) is 4.52. The molecule has 4 rings (SSSR count). The second-order valence-corrected chi connectivity index (χ2v) is 8.42. The van der Waals surface area contributed by atoms with Crippen LogP contribution in [0.15, 0.2) is 60.0 Å².